The smallest absolute Gasteiger partial charge is 0.261 e. The first-order chi connectivity index (χ1) is 14.8. The number of nitrogens with one attached hydrogen (secondary N) is 1. The Balaban J connectivity index is 1.53. The fourth-order valence-electron chi connectivity index (χ4n) is 4.75. The van der Waals surface area contributed by atoms with Crippen molar-refractivity contribution in [2.45, 2.75) is 62.9 Å². The fraction of sp³-hybridized carbons (Fsp3) is 0.458. The lowest BCUT2D eigenvalue weighted by molar-refractivity contribution is -0.116. The van der Waals surface area contributed by atoms with Crippen molar-refractivity contribution < 1.29 is 13.2 Å². The highest BCUT2D eigenvalue weighted by molar-refractivity contribution is 7.92. The van der Waals surface area contributed by atoms with Gasteiger partial charge in [-0.1, -0.05) is 37.5 Å². The molecule has 0 radical (unpaired) electrons. The zero-order valence-electron chi connectivity index (χ0n) is 18.3. The largest absolute Gasteiger partial charge is 0.312 e. The normalized spacial score (nSPS) is 17.1. The van der Waals surface area contributed by atoms with Gasteiger partial charge in [-0.05, 0) is 61.7 Å². The summed E-state index contributed by atoms with van der Waals surface area (Å²) in [5.41, 5.74) is 3.29. The van der Waals surface area contributed by atoms with E-state index in [0.29, 0.717) is 31.2 Å². The van der Waals surface area contributed by atoms with E-state index in [1.807, 2.05) is 24.3 Å². The van der Waals surface area contributed by atoms with Crippen molar-refractivity contribution in [2.24, 2.45) is 0 Å². The molecule has 0 spiro atoms. The van der Waals surface area contributed by atoms with Crippen LogP contribution >= 0.6 is 0 Å². The highest BCUT2D eigenvalue weighted by Crippen LogP contribution is 2.31. The quantitative estimate of drug-likeness (QED) is 0.731. The van der Waals surface area contributed by atoms with Gasteiger partial charge in [0.25, 0.3) is 10.0 Å². The average molecular weight is 442 g/mol. The van der Waals surface area contributed by atoms with Crippen LogP contribution in [0.3, 0.4) is 0 Å². The second-order valence-electron chi connectivity index (χ2n) is 8.68. The van der Waals surface area contributed by atoms with Crippen LogP contribution in [0.25, 0.3) is 0 Å². The number of carbonyl (C=O) groups is 1. The Morgan fingerprint density at radius 3 is 2.61 bits per heavy atom. The predicted octanol–water partition coefficient (Wildman–Crippen LogP) is 4.16. The van der Waals surface area contributed by atoms with Crippen LogP contribution in [0, 0.1) is 0 Å². The van der Waals surface area contributed by atoms with E-state index >= 15 is 0 Å². The molecule has 0 unspecified atom stereocenters. The summed E-state index contributed by atoms with van der Waals surface area (Å²) < 4.78 is 29.1. The standard InChI is InChI=1S/C24H31N3O3S/c1-18(28)27-15-14-19-16-22(12-13-24(19)27)31(29,30)25-23-11-7-6-8-20(23)17-26(2)21-9-4-3-5-10-21/h6-8,11-13,16,21,25H,3-5,9-10,14-15,17H2,1-2H3. The maximum atomic E-state index is 13.2. The van der Waals surface area contributed by atoms with Gasteiger partial charge in [-0.2, -0.15) is 0 Å². The molecule has 4 rings (SSSR count). The van der Waals surface area contributed by atoms with Crippen LogP contribution in [0.2, 0.25) is 0 Å². The number of benzene rings is 2. The second-order valence-corrected chi connectivity index (χ2v) is 10.4. The lowest BCUT2D eigenvalue weighted by Gasteiger charge is -2.31. The van der Waals surface area contributed by atoms with Crippen LogP contribution < -0.4 is 9.62 Å². The third-order valence-corrected chi connectivity index (χ3v) is 7.88. The first-order valence-corrected chi connectivity index (χ1v) is 12.6. The van der Waals surface area contributed by atoms with Crippen molar-refractivity contribution in [3.63, 3.8) is 0 Å². The van der Waals surface area contributed by atoms with Crippen LogP contribution in [-0.4, -0.2) is 38.9 Å². The number of anilines is 2. The Morgan fingerprint density at radius 2 is 1.87 bits per heavy atom. The van der Waals surface area contributed by atoms with Crippen LogP contribution in [0.1, 0.15) is 50.2 Å². The summed E-state index contributed by atoms with van der Waals surface area (Å²) in [5.74, 6) is -0.0245. The topological polar surface area (TPSA) is 69.7 Å². The Labute approximate surface area is 185 Å². The molecule has 1 saturated carbocycles. The number of rotatable bonds is 6. The minimum atomic E-state index is -3.73. The lowest BCUT2D eigenvalue weighted by atomic mass is 9.94. The number of hydrogen-bond acceptors (Lipinski definition) is 4. The lowest BCUT2D eigenvalue weighted by Crippen LogP contribution is -2.33. The number of carbonyl (C=O) groups excluding carboxylic acids is 1. The molecule has 1 aliphatic heterocycles. The van der Waals surface area contributed by atoms with E-state index in [-0.39, 0.29) is 10.8 Å². The molecule has 6 nitrogen and oxygen atoms in total. The zero-order valence-corrected chi connectivity index (χ0v) is 19.1. The first-order valence-electron chi connectivity index (χ1n) is 11.1. The molecule has 2 aliphatic rings. The molecule has 0 atom stereocenters. The minimum absolute atomic E-state index is 0.0245. The van der Waals surface area contributed by atoms with E-state index in [1.165, 1.54) is 39.0 Å². The van der Waals surface area contributed by atoms with Gasteiger partial charge < -0.3 is 4.90 Å². The number of nitrogens with zero attached hydrogens (tertiary/aromatic N) is 2. The number of para-hydroxylation sites is 1. The molecule has 0 bridgehead atoms. The third-order valence-electron chi connectivity index (χ3n) is 6.52. The summed E-state index contributed by atoms with van der Waals surface area (Å²) >= 11 is 0. The Morgan fingerprint density at radius 1 is 1.13 bits per heavy atom. The number of amides is 1. The predicted molar refractivity (Wildman–Crippen MR) is 124 cm³/mol. The van der Waals surface area contributed by atoms with E-state index in [4.69, 9.17) is 0 Å². The fourth-order valence-corrected chi connectivity index (χ4v) is 5.90. The highest BCUT2D eigenvalue weighted by Gasteiger charge is 2.25. The van der Waals surface area contributed by atoms with Gasteiger partial charge in [0.15, 0.2) is 0 Å². The van der Waals surface area contributed by atoms with Gasteiger partial charge in [-0.15, -0.1) is 0 Å². The van der Waals surface area contributed by atoms with Crippen molar-refractivity contribution in [3.05, 3.63) is 53.6 Å². The van der Waals surface area contributed by atoms with Crippen molar-refractivity contribution >= 4 is 27.3 Å². The second kappa shape index (κ2) is 9.01. The van der Waals surface area contributed by atoms with Gasteiger partial charge in [0.2, 0.25) is 5.91 Å². The van der Waals surface area contributed by atoms with Gasteiger partial charge in [-0.3, -0.25) is 14.4 Å². The molecule has 7 heteroatoms. The minimum Gasteiger partial charge on any atom is -0.312 e. The third kappa shape index (κ3) is 4.77. The molecule has 1 heterocycles. The van der Waals surface area contributed by atoms with Crippen LogP contribution in [0.15, 0.2) is 47.4 Å². The molecule has 1 amide bonds. The summed E-state index contributed by atoms with van der Waals surface area (Å²) in [4.78, 5) is 16.0. The van der Waals surface area contributed by atoms with E-state index in [9.17, 15) is 13.2 Å². The molecule has 1 N–H and O–H groups in total. The summed E-state index contributed by atoms with van der Waals surface area (Å²) in [5, 5.41) is 0. The van der Waals surface area contributed by atoms with Crippen molar-refractivity contribution in [3.8, 4) is 0 Å². The molecule has 1 aliphatic carbocycles. The first kappa shape index (κ1) is 21.8. The monoisotopic (exact) mass is 441 g/mol. The van der Waals surface area contributed by atoms with Gasteiger partial charge in [0.1, 0.15) is 0 Å². The molecule has 31 heavy (non-hydrogen) atoms. The highest BCUT2D eigenvalue weighted by atomic mass is 32.2. The van der Waals surface area contributed by atoms with Crippen LogP contribution in [0.5, 0.6) is 0 Å². The summed E-state index contributed by atoms with van der Waals surface area (Å²) in [6.45, 7) is 2.83. The zero-order chi connectivity index (χ0) is 22.0. The maximum absolute atomic E-state index is 13.2. The molecule has 0 aromatic heterocycles. The number of fused-ring (bicyclic) bond motifs is 1. The number of hydrogen-bond donors (Lipinski definition) is 1. The maximum Gasteiger partial charge on any atom is 0.261 e. The van der Waals surface area contributed by atoms with Crippen LogP contribution in [0.4, 0.5) is 11.4 Å². The summed E-state index contributed by atoms with van der Waals surface area (Å²) in [6.07, 6.45) is 6.92. The molecular weight excluding hydrogens is 410 g/mol. The molecule has 1 fully saturated rings. The Kier molecular flexibility index (Phi) is 6.34. The summed E-state index contributed by atoms with van der Waals surface area (Å²) in [7, 11) is -1.60. The molecule has 0 saturated heterocycles. The number of sulfonamides is 1. The van der Waals surface area contributed by atoms with Crippen LogP contribution in [-0.2, 0) is 27.8 Å². The Hall–Kier alpha value is -2.38. The van der Waals surface area contributed by atoms with E-state index in [2.05, 4.69) is 16.7 Å². The van der Waals surface area contributed by atoms with E-state index in [0.717, 1.165) is 16.8 Å². The molecule has 166 valence electrons. The molecule has 2 aromatic rings. The van der Waals surface area contributed by atoms with Crippen molar-refractivity contribution in [2.75, 3.05) is 23.2 Å². The molecule has 2 aromatic carbocycles. The van der Waals surface area contributed by atoms with Gasteiger partial charge in [0.05, 0.1) is 10.6 Å². The van der Waals surface area contributed by atoms with Gasteiger partial charge >= 0.3 is 0 Å². The van der Waals surface area contributed by atoms with Gasteiger partial charge in [0, 0.05) is 31.7 Å². The van der Waals surface area contributed by atoms with E-state index in [1.54, 1.807) is 23.1 Å². The Bertz CT molecular complexity index is 1060. The van der Waals surface area contributed by atoms with Crippen molar-refractivity contribution in [1.29, 1.82) is 0 Å². The average Bonchev–Trinajstić information content (AvgIpc) is 3.19. The van der Waals surface area contributed by atoms with Gasteiger partial charge in [-0.25, -0.2) is 8.42 Å². The SMILES string of the molecule is CC(=O)N1CCc2cc(S(=O)(=O)Nc3ccccc3CN(C)C3CCCCC3)ccc21. The van der Waals surface area contributed by atoms with E-state index < -0.39 is 10.0 Å². The molecular formula is C24H31N3O3S. The van der Waals surface area contributed by atoms with Crippen molar-refractivity contribution in [1.82, 2.24) is 4.90 Å². The summed E-state index contributed by atoms with van der Waals surface area (Å²) in [6, 6.07) is 13.2.